The van der Waals surface area contributed by atoms with E-state index < -0.39 is 0 Å². The van der Waals surface area contributed by atoms with Crippen molar-refractivity contribution < 1.29 is 14.3 Å². The van der Waals surface area contributed by atoms with Crippen LogP contribution in [0.4, 0.5) is 11.4 Å². The third-order valence-electron chi connectivity index (χ3n) is 4.45. The molecule has 3 rings (SSSR count). The van der Waals surface area contributed by atoms with Crippen molar-refractivity contribution in [2.45, 2.75) is 32.1 Å². The van der Waals surface area contributed by atoms with Crippen molar-refractivity contribution in [3.8, 4) is 5.75 Å². The van der Waals surface area contributed by atoms with Crippen molar-refractivity contribution in [3.05, 3.63) is 30.4 Å². The Balaban J connectivity index is 1.75. The fraction of sp³-hybridized carbons (Fsp3) is 0.444. The standard InChI is InChI=1S/C18H22N2O3/c1-23-16-12-14(19-18(22)13-6-3-2-4-7-13)9-10-15(16)20-11-5-8-17(20)21/h2-3,9-10,12-13H,4-8,11H2,1H3,(H,19,22)/t13-/m0/s1. The molecular weight excluding hydrogens is 292 g/mol. The Morgan fingerprint density at radius 1 is 1.35 bits per heavy atom. The van der Waals surface area contributed by atoms with E-state index in [4.69, 9.17) is 4.74 Å². The summed E-state index contributed by atoms with van der Waals surface area (Å²) < 4.78 is 5.42. The molecule has 0 bridgehead atoms. The lowest BCUT2D eigenvalue weighted by molar-refractivity contribution is -0.120. The summed E-state index contributed by atoms with van der Waals surface area (Å²) in [4.78, 5) is 26.0. The predicted octanol–water partition coefficient (Wildman–Crippen LogP) is 3.12. The monoisotopic (exact) mass is 314 g/mol. The fourth-order valence-corrected chi connectivity index (χ4v) is 3.16. The first-order chi connectivity index (χ1) is 11.2. The van der Waals surface area contributed by atoms with Gasteiger partial charge in [0.2, 0.25) is 11.8 Å². The van der Waals surface area contributed by atoms with E-state index in [9.17, 15) is 9.59 Å². The van der Waals surface area contributed by atoms with E-state index in [0.717, 1.165) is 37.9 Å². The molecule has 0 radical (unpaired) electrons. The molecule has 122 valence electrons. The van der Waals surface area contributed by atoms with Crippen LogP contribution in [0, 0.1) is 5.92 Å². The Labute approximate surface area is 136 Å². The van der Waals surface area contributed by atoms with Gasteiger partial charge in [-0.1, -0.05) is 12.2 Å². The van der Waals surface area contributed by atoms with Crippen LogP contribution in [0.25, 0.3) is 0 Å². The maximum absolute atomic E-state index is 12.3. The van der Waals surface area contributed by atoms with Crippen molar-refractivity contribution in [2.24, 2.45) is 5.92 Å². The summed E-state index contributed by atoms with van der Waals surface area (Å²) in [5.74, 6) is 0.808. The van der Waals surface area contributed by atoms with Gasteiger partial charge in [0.1, 0.15) is 5.75 Å². The number of anilines is 2. The molecule has 1 aromatic carbocycles. The minimum Gasteiger partial charge on any atom is -0.494 e. The molecular formula is C18H22N2O3. The van der Waals surface area contributed by atoms with E-state index >= 15 is 0 Å². The number of hydrogen-bond donors (Lipinski definition) is 1. The van der Waals surface area contributed by atoms with E-state index in [1.807, 2.05) is 12.1 Å². The van der Waals surface area contributed by atoms with E-state index in [0.29, 0.717) is 17.9 Å². The normalized spacial score (nSPS) is 20.7. The molecule has 1 fully saturated rings. The zero-order valence-electron chi connectivity index (χ0n) is 13.4. The van der Waals surface area contributed by atoms with Crippen LogP contribution in [0.15, 0.2) is 30.4 Å². The molecule has 1 aliphatic heterocycles. The van der Waals surface area contributed by atoms with Gasteiger partial charge in [0, 0.05) is 30.6 Å². The second kappa shape index (κ2) is 6.86. The highest BCUT2D eigenvalue weighted by atomic mass is 16.5. The average Bonchev–Trinajstić information content (AvgIpc) is 3.01. The molecule has 1 atom stereocenters. The van der Waals surface area contributed by atoms with Gasteiger partial charge in [-0.05, 0) is 37.8 Å². The Hall–Kier alpha value is -2.30. The maximum Gasteiger partial charge on any atom is 0.227 e. The summed E-state index contributed by atoms with van der Waals surface area (Å²) in [7, 11) is 1.58. The van der Waals surface area contributed by atoms with Crippen LogP contribution in [-0.2, 0) is 9.59 Å². The number of hydrogen-bond acceptors (Lipinski definition) is 3. The van der Waals surface area contributed by atoms with Crippen LogP contribution < -0.4 is 15.0 Å². The lowest BCUT2D eigenvalue weighted by Gasteiger charge is -2.21. The number of carbonyl (C=O) groups is 2. The summed E-state index contributed by atoms with van der Waals surface area (Å²) in [5.41, 5.74) is 1.48. The summed E-state index contributed by atoms with van der Waals surface area (Å²) in [6.07, 6.45) is 8.28. The molecule has 1 heterocycles. The summed E-state index contributed by atoms with van der Waals surface area (Å²) in [6.45, 7) is 0.718. The van der Waals surface area contributed by atoms with Crippen molar-refractivity contribution in [3.63, 3.8) is 0 Å². The molecule has 0 spiro atoms. The van der Waals surface area contributed by atoms with Gasteiger partial charge in [0.05, 0.1) is 12.8 Å². The molecule has 2 aliphatic rings. The highest BCUT2D eigenvalue weighted by Crippen LogP contribution is 2.34. The SMILES string of the molecule is COc1cc(NC(=O)[C@H]2CC=CCC2)ccc1N1CCCC1=O. The second-order valence-electron chi connectivity index (χ2n) is 6.01. The van der Waals surface area contributed by atoms with E-state index in [1.54, 1.807) is 18.1 Å². The van der Waals surface area contributed by atoms with Crippen LogP contribution in [-0.4, -0.2) is 25.5 Å². The van der Waals surface area contributed by atoms with Gasteiger partial charge in [-0.25, -0.2) is 0 Å². The van der Waals surface area contributed by atoms with Crippen LogP contribution in [0.1, 0.15) is 32.1 Å². The molecule has 0 saturated carbocycles. The van der Waals surface area contributed by atoms with Crippen LogP contribution in [0.3, 0.4) is 0 Å². The number of allylic oxidation sites excluding steroid dienone is 2. The third kappa shape index (κ3) is 3.38. The van der Waals surface area contributed by atoms with E-state index in [-0.39, 0.29) is 17.7 Å². The zero-order chi connectivity index (χ0) is 16.2. The van der Waals surface area contributed by atoms with Crippen LogP contribution in [0.5, 0.6) is 5.75 Å². The molecule has 5 heteroatoms. The van der Waals surface area contributed by atoms with Gasteiger partial charge in [0.25, 0.3) is 0 Å². The van der Waals surface area contributed by atoms with Crippen LogP contribution >= 0.6 is 0 Å². The van der Waals surface area contributed by atoms with Gasteiger partial charge in [-0.2, -0.15) is 0 Å². The van der Waals surface area contributed by atoms with Gasteiger partial charge < -0.3 is 15.0 Å². The van der Waals surface area contributed by atoms with Crippen LogP contribution in [0.2, 0.25) is 0 Å². The molecule has 2 amide bonds. The summed E-state index contributed by atoms with van der Waals surface area (Å²) >= 11 is 0. The molecule has 1 saturated heterocycles. The summed E-state index contributed by atoms with van der Waals surface area (Å²) in [6, 6.07) is 5.47. The van der Waals surface area contributed by atoms with E-state index in [2.05, 4.69) is 17.5 Å². The maximum atomic E-state index is 12.3. The largest absolute Gasteiger partial charge is 0.494 e. The molecule has 1 aliphatic carbocycles. The Morgan fingerprint density at radius 2 is 2.22 bits per heavy atom. The molecule has 23 heavy (non-hydrogen) atoms. The first kappa shape index (κ1) is 15.6. The topological polar surface area (TPSA) is 58.6 Å². The molecule has 1 N–H and O–H groups in total. The number of methoxy groups -OCH3 is 1. The number of nitrogens with zero attached hydrogens (tertiary/aromatic N) is 1. The van der Waals surface area contributed by atoms with Crippen molar-refractivity contribution >= 4 is 23.2 Å². The first-order valence-corrected chi connectivity index (χ1v) is 8.13. The molecule has 5 nitrogen and oxygen atoms in total. The third-order valence-corrected chi connectivity index (χ3v) is 4.45. The lowest BCUT2D eigenvalue weighted by Crippen LogP contribution is -2.25. The molecule has 0 unspecified atom stereocenters. The quantitative estimate of drug-likeness (QED) is 0.869. The fourth-order valence-electron chi connectivity index (χ4n) is 3.16. The van der Waals surface area contributed by atoms with Gasteiger partial charge in [-0.3, -0.25) is 9.59 Å². The van der Waals surface area contributed by atoms with E-state index in [1.165, 1.54) is 0 Å². The summed E-state index contributed by atoms with van der Waals surface area (Å²) in [5, 5.41) is 2.96. The Kier molecular flexibility index (Phi) is 4.65. The lowest BCUT2D eigenvalue weighted by atomic mass is 9.93. The smallest absolute Gasteiger partial charge is 0.227 e. The Bertz CT molecular complexity index is 639. The highest BCUT2D eigenvalue weighted by molar-refractivity contribution is 5.98. The molecule has 1 aromatic rings. The van der Waals surface area contributed by atoms with Gasteiger partial charge in [-0.15, -0.1) is 0 Å². The number of carbonyl (C=O) groups excluding carboxylic acids is 2. The number of rotatable bonds is 4. The second-order valence-corrected chi connectivity index (χ2v) is 6.01. The van der Waals surface area contributed by atoms with Crippen molar-refractivity contribution in [1.29, 1.82) is 0 Å². The zero-order valence-corrected chi connectivity index (χ0v) is 13.4. The minimum atomic E-state index is 0.0332. The first-order valence-electron chi connectivity index (χ1n) is 8.13. The Morgan fingerprint density at radius 3 is 2.87 bits per heavy atom. The van der Waals surface area contributed by atoms with Crippen molar-refractivity contribution in [1.82, 2.24) is 0 Å². The van der Waals surface area contributed by atoms with Gasteiger partial charge >= 0.3 is 0 Å². The van der Waals surface area contributed by atoms with Crippen molar-refractivity contribution in [2.75, 3.05) is 23.9 Å². The number of ether oxygens (including phenoxy) is 1. The highest BCUT2D eigenvalue weighted by Gasteiger charge is 2.25. The van der Waals surface area contributed by atoms with Gasteiger partial charge in [0.15, 0.2) is 0 Å². The number of amides is 2. The molecule has 0 aromatic heterocycles. The minimum absolute atomic E-state index is 0.0332. The number of benzene rings is 1. The predicted molar refractivity (Wildman–Crippen MR) is 89.7 cm³/mol. The average molecular weight is 314 g/mol. The number of nitrogens with one attached hydrogen (secondary N) is 1.